The number of hydrogen-bond acceptors (Lipinski definition) is 0. The largest absolute Gasteiger partial charge is 1.00 e. The molecular formula is HBiCeCrNbRbTiTlWZnZr. The predicted molar refractivity (Wildman–Crippen MR) is 12.6 cm³/mol. The second-order valence-corrected chi connectivity index (χ2v) is 0. The Kier molecular flexibility index (Phi) is 480. The number of rotatable bonds is 0. The summed E-state index contributed by atoms with van der Waals surface area (Å²) in [5, 5.41) is 0. The standard InChI is InChI=1S/Bi.Ce.Cr.Nb.Rb.Ti.Tl.W.Zn.Zr.H/q;;;;+1;;;;;;-1. The van der Waals surface area contributed by atoms with Crippen molar-refractivity contribution in [3.05, 3.63) is 0 Å². The van der Waals surface area contributed by atoms with Gasteiger partial charge in [-0.2, -0.15) is 0 Å². The van der Waals surface area contributed by atoms with Crippen LogP contribution in [0, 0.1) is 41.7 Å². The van der Waals surface area contributed by atoms with E-state index in [1.54, 1.807) is 0 Å². The second kappa shape index (κ2) is 63.7. The van der Waals surface area contributed by atoms with Gasteiger partial charge in [-0.15, -0.1) is 0 Å². The van der Waals surface area contributed by atoms with E-state index in [2.05, 4.69) is 0 Å². The molecule has 0 unspecified atom stereocenters. The maximum atomic E-state index is 0. The van der Waals surface area contributed by atoms with Crippen LogP contribution in [0.15, 0.2) is 0 Å². The third-order valence-electron chi connectivity index (χ3n) is 0. The van der Waals surface area contributed by atoms with Crippen LogP contribution in [0.1, 0.15) is 1.43 Å². The van der Waals surface area contributed by atoms with E-state index in [-0.39, 0.29) is 283 Å². The molecule has 0 atom stereocenters. The Labute approximate surface area is 274 Å². The van der Waals surface area contributed by atoms with Crippen LogP contribution in [-0.4, -0.2) is 53.5 Å². The van der Waals surface area contributed by atoms with E-state index in [0.717, 1.165) is 0 Å². The molecule has 0 aromatic rings. The van der Waals surface area contributed by atoms with E-state index in [0.29, 0.717) is 0 Å². The summed E-state index contributed by atoms with van der Waals surface area (Å²) >= 11 is 0. The van der Waals surface area contributed by atoms with Crippen molar-refractivity contribution in [2.75, 3.05) is 0 Å². The maximum Gasteiger partial charge on any atom is 1.00 e. The second-order valence-electron chi connectivity index (χ2n) is 0. The molecule has 0 aliphatic heterocycles. The predicted octanol–water partition coefficient (Wildman–Crippen LogP) is -3.66. The van der Waals surface area contributed by atoms with E-state index >= 15 is 0 Å². The Morgan fingerprint density at radius 1 is 1.10 bits per heavy atom. The molecule has 0 bridgehead atoms. The van der Waals surface area contributed by atoms with Crippen LogP contribution in [0.5, 0.6) is 0 Å². The monoisotopic (exact) mass is 1170 g/mol. The Morgan fingerprint density at radius 2 is 1.10 bits per heavy atom. The summed E-state index contributed by atoms with van der Waals surface area (Å²) in [5.41, 5.74) is 0. The van der Waals surface area contributed by atoms with Crippen molar-refractivity contribution in [1.29, 1.82) is 0 Å². The van der Waals surface area contributed by atoms with Gasteiger partial charge in [0.05, 0.1) is 0 Å². The van der Waals surface area contributed by atoms with Crippen LogP contribution in [-0.2, 0) is 128 Å². The molecule has 0 heterocycles. The molecule has 0 aromatic carbocycles. The molecule has 41 valence electrons. The van der Waals surface area contributed by atoms with E-state index in [9.17, 15) is 0 Å². The third kappa shape index (κ3) is 53.4. The first-order valence-electron chi connectivity index (χ1n) is 0. The van der Waals surface area contributed by atoms with Crippen LogP contribution in [0.25, 0.3) is 0 Å². The van der Waals surface area contributed by atoms with Crippen LogP contribution in [0.3, 0.4) is 0 Å². The van der Waals surface area contributed by atoms with E-state index < -0.39 is 0 Å². The molecule has 0 saturated carbocycles. The smallest absolute Gasteiger partial charge is 1.00 e. The minimum atomic E-state index is 0. The molecule has 5 radical (unpaired) electrons. The average Bonchev–Trinajstić information content (AvgIpc) is 0. The fourth-order valence-electron chi connectivity index (χ4n) is 0. The van der Waals surface area contributed by atoms with Crippen LogP contribution in [0.4, 0.5) is 0 Å². The molecule has 0 nitrogen and oxygen atoms in total. The summed E-state index contributed by atoms with van der Waals surface area (Å²) < 4.78 is 0. The van der Waals surface area contributed by atoms with Crippen molar-refractivity contribution < 1.29 is 230 Å². The molecule has 0 aliphatic carbocycles. The van der Waals surface area contributed by atoms with E-state index in [1.165, 1.54) is 0 Å². The van der Waals surface area contributed by atoms with Gasteiger partial charge in [0.25, 0.3) is 0 Å². The summed E-state index contributed by atoms with van der Waals surface area (Å²) in [6.07, 6.45) is 0. The first-order valence-corrected chi connectivity index (χ1v) is 0. The van der Waals surface area contributed by atoms with Gasteiger partial charge >= 0.3 is 58.2 Å². The SMILES string of the molecule is [Bi].[Ce].[Cr].[H-].[Nb].[Rb+].[Ti].[Tl].[W].[Zn].[Zr]. The van der Waals surface area contributed by atoms with Gasteiger partial charge in [-0.3, -0.25) is 0 Å². The summed E-state index contributed by atoms with van der Waals surface area (Å²) in [6.45, 7) is 0. The molecule has 0 aliphatic rings. The molecule has 0 N–H and O–H groups in total. The zero-order chi connectivity index (χ0) is 0. The molecule has 10 heavy (non-hydrogen) atoms. The van der Waals surface area contributed by atoms with Gasteiger partial charge < -0.3 is 1.43 Å². The van der Waals surface area contributed by atoms with Gasteiger partial charge in [-0.1, -0.05) is 0 Å². The quantitative estimate of drug-likeness (QED) is 0.220. The Balaban J connectivity index is 0. The Bertz CT molecular complexity index is 38.1. The summed E-state index contributed by atoms with van der Waals surface area (Å²) in [4.78, 5) is 0. The fraction of sp³-hybridized carbons (Fsp3) is 0. The van der Waals surface area contributed by atoms with Crippen molar-refractivity contribution in [1.82, 2.24) is 0 Å². The van der Waals surface area contributed by atoms with Gasteiger partial charge in [-0.25, -0.2) is 0 Å². The Morgan fingerprint density at radius 3 is 1.10 bits per heavy atom. The minimum Gasteiger partial charge on any atom is -1.00 e. The summed E-state index contributed by atoms with van der Waals surface area (Å²) in [5.74, 6) is 0. The van der Waals surface area contributed by atoms with Crippen molar-refractivity contribution >= 4 is 53.5 Å². The average molecular weight is 1170 g/mol. The Hall–Kier alpha value is 9.17. The summed E-state index contributed by atoms with van der Waals surface area (Å²) in [7, 11) is 0. The van der Waals surface area contributed by atoms with Crippen LogP contribution < -0.4 is 58.2 Å². The van der Waals surface area contributed by atoms with Gasteiger partial charge in [0.15, 0.2) is 0 Å². The maximum absolute atomic E-state index is 0. The van der Waals surface area contributed by atoms with Crippen LogP contribution >= 0.6 is 0 Å². The van der Waals surface area contributed by atoms with E-state index in [1.807, 2.05) is 0 Å². The molecule has 0 saturated heterocycles. The first-order chi connectivity index (χ1) is 0. The van der Waals surface area contributed by atoms with Crippen molar-refractivity contribution in [2.45, 2.75) is 0 Å². The molecular weight excluding hydrogens is 1170 g/mol. The zero-order valence-electron chi connectivity index (χ0n) is 6.50. The van der Waals surface area contributed by atoms with E-state index in [4.69, 9.17) is 0 Å². The normalized spacial score (nSPS) is 0. The molecule has 0 fully saturated rings. The van der Waals surface area contributed by atoms with Gasteiger partial charge in [0.2, 0.25) is 0 Å². The first kappa shape index (κ1) is 75.3. The molecule has 0 amide bonds. The van der Waals surface area contributed by atoms with Gasteiger partial charge in [0, 0.05) is 223 Å². The van der Waals surface area contributed by atoms with Crippen LogP contribution in [0.2, 0.25) is 0 Å². The van der Waals surface area contributed by atoms with Gasteiger partial charge in [0.1, 0.15) is 0 Å². The molecule has 0 spiro atoms. The minimum absolute atomic E-state index is 0. The molecule has 0 rings (SSSR count). The van der Waals surface area contributed by atoms with Crippen molar-refractivity contribution in [3.8, 4) is 0 Å². The molecule has 0 aromatic heterocycles. The number of hydrogen-bond donors (Lipinski definition) is 0. The topological polar surface area (TPSA) is 0 Å². The van der Waals surface area contributed by atoms with Crippen molar-refractivity contribution in [2.24, 2.45) is 0 Å². The zero-order valence-corrected chi connectivity index (χ0v) is 34.9. The van der Waals surface area contributed by atoms with Gasteiger partial charge in [-0.05, 0) is 0 Å². The third-order valence-corrected chi connectivity index (χ3v) is 0. The van der Waals surface area contributed by atoms with Crippen molar-refractivity contribution in [3.63, 3.8) is 0 Å². The summed E-state index contributed by atoms with van der Waals surface area (Å²) in [6, 6.07) is 0. The molecule has 10 heteroatoms. The fourth-order valence-corrected chi connectivity index (χ4v) is 0.